The molecule has 0 bridgehead atoms. The molecule has 0 spiro atoms. The normalized spacial score (nSPS) is 17.3. The second kappa shape index (κ2) is 7.44. The van der Waals surface area contributed by atoms with E-state index >= 15 is 0 Å². The van der Waals surface area contributed by atoms with Crippen molar-refractivity contribution in [3.05, 3.63) is 52.1 Å². The van der Waals surface area contributed by atoms with Crippen LogP contribution in [0, 0.1) is 0 Å². The molecule has 1 unspecified atom stereocenters. The SMILES string of the molecule is COc1c(OC)c(OC)c2c(c1OC)C1=C(CCC2OC)C(=O)c2ccccc21. The Morgan fingerprint density at radius 2 is 1.38 bits per heavy atom. The van der Waals surface area contributed by atoms with Gasteiger partial charge >= 0.3 is 0 Å². The minimum absolute atomic E-state index is 0.0501. The smallest absolute Gasteiger partial charge is 0.207 e. The molecule has 0 radical (unpaired) electrons. The van der Waals surface area contributed by atoms with Gasteiger partial charge in [0.15, 0.2) is 17.3 Å². The lowest BCUT2D eigenvalue weighted by molar-refractivity contribution is 0.0913. The van der Waals surface area contributed by atoms with Crippen LogP contribution in [0.15, 0.2) is 29.8 Å². The summed E-state index contributed by atoms with van der Waals surface area (Å²) in [5, 5.41) is 0. The Morgan fingerprint density at radius 1 is 0.793 bits per heavy atom. The van der Waals surface area contributed by atoms with Crippen molar-refractivity contribution in [2.24, 2.45) is 0 Å². The highest BCUT2D eigenvalue weighted by atomic mass is 16.5. The van der Waals surface area contributed by atoms with E-state index in [2.05, 4.69) is 0 Å². The average molecular weight is 396 g/mol. The zero-order chi connectivity index (χ0) is 20.7. The van der Waals surface area contributed by atoms with Gasteiger partial charge in [0.1, 0.15) is 0 Å². The van der Waals surface area contributed by atoms with Crippen LogP contribution in [0.3, 0.4) is 0 Å². The molecule has 2 aliphatic carbocycles. The maximum absolute atomic E-state index is 13.2. The van der Waals surface area contributed by atoms with Gasteiger partial charge < -0.3 is 23.7 Å². The van der Waals surface area contributed by atoms with Gasteiger partial charge in [-0.1, -0.05) is 24.3 Å². The quantitative estimate of drug-likeness (QED) is 0.755. The van der Waals surface area contributed by atoms with Crippen molar-refractivity contribution in [3.8, 4) is 23.0 Å². The first-order valence-corrected chi connectivity index (χ1v) is 9.43. The van der Waals surface area contributed by atoms with Crippen molar-refractivity contribution >= 4 is 11.4 Å². The minimum atomic E-state index is -0.292. The molecule has 152 valence electrons. The van der Waals surface area contributed by atoms with Crippen LogP contribution in [0.5, 0.6) is 23.0 Å². The van der Waals surface area contributed by atoms with E-state index in [-0.39, 0.29) is 11.9 Å². The highest BCUT2D eigenvalue weighted by Gasteiger charge is 2.41. The van der Waals surface area contributed by atoms with Crippen LogP contribution in [-0.2, 0) is 4.74 Å². The number of ether oxygens (including phenoxy) is 5. The molecule has 29 heavy (non-hydrogen) atoms. The fraction of sp³-hybridized carbons (Fsp3) is 0.348. The summed E-state index contributed by atoms with van der Waals surface area (Å²) in [6, 6.07) is 7.65. The summed E-state index contributed by atoms with van der Waals surface area (Å²) >= 11 is 0. The van der Waals surface area contributed by atoms with Crippen LogP contribution < -0.4 is 18.9 Å². The Hall–Kier alpha value is -2.99. The van der Waals surface area contributed by atoms with Crippen molar-refractivity contribution in [2.75, 3.05) is 35.5 Å². The number of carbonyl (C=O) groups is 1. The number of hydrogen-bond acceptors (Lipinski definition) is 6. The van der Waals surface area contributed by atoms with E-state index in [4.69, 9.17) is 23.7 Å². The van der Waals surface area contributed by atoms with Crippen LogP contribution in [-0.4, -0.2) is 41.3 Å². The molecule has 2 aromatic carbocycles. The van der Waals surface area contributed by atoms with E-state index in [0.717, 1.165) is 27.8 Å². The summed E-state index contributed by atoms with van der Waals surface area (Å²) < 4.78 is 28.7. The maximum Gasteiger partial charge on any atom is 0.207 e. The lowest BCUT2D eigenvalue weighted by atomic mass is 9.90. The Bertz CT molecular complexity index is 1020. The third-order valence-corrected chi connectivity index (χ3v) is 5.71. The standard InChI is InChI=1S/C23H24O6/c1-25-15-11-10-14-16(12-8-6-7-9-13(12)19(14)24)18-17(15)20(26-2)22(28-4)23(29-5)21(18)27-3/h6-9,15H,10-11H2,1-5H3. The van der Waals surface area contributed by atoms with Crippen LogP contribution in [0.25, 0.3) is 5.57 Å². The molecule has 0 heterocycles. The molecule has 2 aromatic rings. The third kappa shape index (κ3) is 2.63. The first-order chi connectivity index (χ1) is 14.1. The number of hydrogen-bond donors (Lipinski definition) is 0. The molecule has 2 aliphatic rings. The van der Waals surface area contributed by atoms with Gasteiger partial charge in [0.05, 0.1) is 34.5 Å². The van der Waals surface area contributed by atoms with E-state index < -0.39 is 0 Å². The molecule has 0 fully saturated rings. The molecular weight excluding hydrogens is 372 g/mol. The summed E-state index contributed by atoms with van der Waals surface area (Å²) in [4.78, 5) is 13.2. The van der Waals surface area contributed by atoms with Gasteiger partial charge in [0.25, 0.3) is 0 Å². The van der Waals surface area contributed by atoms with Gasteiger partial charge in [-0.3, -0.25) is 4.79 Å². The highest BCUT2D eigenvalue weighted by molar-refractivity contribution is 6.23. The highest BCUT2D eigenvalue weighted by Crippen LogP contribution is 2.58. The number of benzene rings is 2. The molecule has 6 heteroatoms. The summed E-state index contributed by atoms with van der Waals surface area (Å²) in [6.07, 6.45) is 0.934. The number of ketones is 1. The fourth-order valence-electron chi connectivity index (χ4n) is 4.52. The Morgan fingerprint density at radius 3 is 1.97 bits per heavy atom. The number of Topliss-reactive ketones (excluding diaryl/α,β-unsaturated/α-hetero) is 1. The number of allylic oxidation sites excluding steroid dienone is 1. The van der Waals surface area contributed by atoms with Crippen molar-refractivity contribution < 1.29 is 28.5 Å². The van der Waals surface area contributed by atoms with Gasteiger partial charge in [-0.2, -0.15) is 0 Å². The van der Waals surface area contributed by atoms with Crippen molar-refractivity contribution in [1.29, 1.82) is 0 Å². The molecule has 6 nitrogen and oxygen atoms in total. The zero-order valence-electron chi connectivity index (χ0n) is 17.3. The number of carbonyl (C=O) groups excluding carboxylic acids is 1. The molecule has 4 rings (SSSR count). The van der Waals surface area contributed by atoms with Gasteiger partial charge in [-0.25, -0.2) is 0 Å². The zero-order valence-corrected chi connectivity index (χ0v) is 17.3. The Kier molecular flexibility index (Phi) is 4.96. The first kappa shape index (κ1) is 19.3. The number of fused-ring (bicyclic) bond motifs is 4. The molecule has 0 saturated heterocycles. The Labute approximate surface area is 170 Å². The van der Waals surface area contributed by atoms with E-state index in [1.54, 1.807) is 35.5 Å². The summed E-state index contributed by atoms with van der Waals surface area (Å²) in [7, 11) is 7.94. The van der Waals surface area contributed by atoms with Crippen LogP contribution in [0.1, 0.15) is 46.0 Å². The second-order valence-electron chi connectivity index (χ2n) is 6.91. The summed E-state index contributed by atoms with van der Waals surface area (Å²) in [6.45, 7) is 0. The van der Waals surface area contributed by atoms with Crippen molar-refractivity contribution in [1.82, 2.24) is 0 Å². The van der Waals surface area contributed by atoms with Gasteiger partial charge in [-0.15, -0.1) is 0 Å². The molecule has 0 N–H and O–H groups in total. The number of rotatable bonds is 5. The van der Waals surface area contributed by atoms with Gasteiger partial charge in [0.2, 0.25) is 11.5 Å². The molecule has 1 atom stereocenters. The fourth-order valence-corrected chi connectivity index (χ4v) is 4.52. The monoisotopic (exact) mass is 396 g/mol. The minimum Gasteiger partial charge on any atom is -0.492 e. The largest absolute Gasteiger partial charge is 0.492 e. The first-order valence-electron chi connectivity index (χ1n) is 9.43. The lowest BCUT2D eigenvalue weighted by Gasteiger charge is -2.26. The van der Waals surface area contributed by atoms with Crippen LogP contribution in [0.4, 0.5) is 0 Å². The molecule has 0 aliphatic heterocycles. The van der Waals surface area contributed by atoms with Gasteiger partial charge in [-0.05, 0) is 18.4 Å². The van der Waals surface area contributed by atoms with Gasteiger partial charge in [0, 0.05) is 34.9 Å². The third-order valence-electron chi connectivity index (χ3n) is 5.71. The maximum atomic E-state index is 13.2. The van der Waals surface area contributed by atoms with E-state index in [0.29, 0.717) is 41.4 Å². The predicted molar refractivity (Wildman–Crippen MR) is 108 cm³/mol. The molecule has 0 saturated carbocycles. The number of methoxy groups -OCH3 is 5. The van der Waals surface area contributed by atoms with Crippen LogP contribution >= 0.6 is 0 Å². The lowest BCUT2D eigenvalue weighted by Crippen LogP contribution is -2.11. The Balaban J connectivity index is 2.18. The molecular formula is C23H24O6. The van der Waals surface area contributed by atoms with E-state index in [1.807, 2.05) is 24.3 Å². The predicted octanol–water partition coefficient (Wildman–Crippen LogP) is 4.20. The molecule has 0 aromatic heterocycles. The van der Waals surface area contributed by atoms with Crippen LogP contribution in [0.2, 0.25) is 0 Å². The average Bonchev–Trinajstić information content (AvgIpc) is 2.92. The van der Waals surface area contributed by atoms with Crippen molar-refractivity contribution in [3.63, 3.8) is 0 Å². The van der Waals surface area contributed by atoms with E-state index in [9.17, 15) is 4.79 Å². The summed E-state index contributed by atoms with van der Waals surface area (Å²) in [5.41, 5.74) is 4.78. The van der Waals surface area contributed by atoms with Crippen molar-refractivity contribution in [2.45, 2.75) is 18.9 Å². The second-order valence-corrected chi connectivity index (χ2v) is 6.91. The summed E-state index contributed by atoms with van der Waals surface area (Å²) in [5.74, 6) is 1.94. The van der Waals surface area contributed by atoms with E-state index in [1.165, 1.54) is 0 Å². The molecule has 0 amide bonds. The topological polar surface area (TPSA) is 63.2 Å².